The Morgan fingerprint density at radius 2 is 1.48 bits per heavy atom. The second-order valence-electron chi connectivity index (χ2n) is 4.63. The van der Waals surface area contributed by atoms with Crippen LogP contribution in [0.3, 0.4) is 0 Å². The van der Waals surface area contributed by atoms with Crippen LogP contribution in [0.4, 0.5) is 11.4 Å². The van der Waals surface area contributed by atoms with Crippen LogP contribution in [0.1, 0.15) is 5.56 Å². The number of nitrogens with one attached hydrogen (secondary N) is 1. The van der Waals surface area contributed by atoms with Crippen molar-refractivity contribution in [1.29, 1.82) is 5.26 Å². The van der Waals surface area contributed by atoms with Crippen LogP contribution in [-0.2, 0) is 0 Å². The van der Waals surface area contributed by atoms with Crippen molar-refractivity contribution in [2.45, 2.75) is 0 Å². The Hall–Kier alpha value is -3.12. The largest absolute Gasteiger partial charge is 0.354 e. The first kappa shape index (κ1) is 12.9. The van der Waals surface area contributed by atoms with E-state index in [2.05, 4.69) is 28.5 Å². The molecule has 0 amide bonds. The third-order valence-corrected chi connectivity index (χ3v) is 3.18. The highest BCUT2D eigenvalue weighted by Gasteiger charge is 1.99. The van der Waals surface area contributed by atoms with Crippen molar-refractivity contribution in [2.24, 2.45) is 0 Å². The summed E-state index contributed by atoms with van der Waals surface area (Å²) < 4.78 is 0. The number of rotatable bonds is 3. The van der Waals surface area contributed by atoms with Crippen molar-refractivity contribution in [3.8, 4) is 17.2 Å². The molecule has 0 aliphatic carbocycles. The normalized spacial score (nSPS) is 9.86. The van der Waals surface area contributed by atoms with Crippen LogP contribution in [-0.4, -0.2) is 4.98 Å². The number of pyridine rings is 1. The molecule has 0 unspecified atom stereocenters. The zero-order valence-electron chi connectivity index (χ0n) is 11.3. The van der Waals surface area contributed by atoms with E-state index in [-0.39, 0.29) is 0 Å². The fourth-order valence-electron chi connectivity index (χ4n) is 2.09. The van der Waals surface area contributed by atoms with Gasteiger partial charge in [-0.25, -0.2) is 0 Å². The van der Waals surface area contributed by atoms with Crippen LogP contribution in [0.5, 0.6) is 0 Å². The highest BCUT2D eigenvalue weighted by Crippen LogP contribution is 2.23. The molecule has 3 aromatic rings. The van der Waals surface area contributed by atoms with Gasteiger partial charge in [0.1, 0.15) is 0 Å². The first-order valence-corrected chi connectivity index (χ1v) is 6.63. The predicted molar refractivity (Wildman–Crippen MR) is 84.1 cm³/mol. The van der Waals surface area contributed by atoms with Gasteiger partial charge in [-0.15, -0.1) is 0 Å². The lowest BCUT2D eigenvalue weighted by molar-refractivity contribution is 1.32. The molecule has 1 N–H and O–H groups in total. The summed E-state index contributed by atoms with van der Waals surface area (Å²) in [5.74, 6) is 0. The number of anilines is 2. The summed E-state index contributed by atoms with van der Waals surface area (Å²) in [4.78, 5) is 4.07. The van der Waals surface area contributed by atoms with Crippen molar-refractivity contribution >= 4 is 11.4 Å². The minimum absolute atomic E-state index is 0.675. The van der Waals surface area contributed by atoms with E-state index in [9.17, 15) is 0 Å². The molecule has 1 aromatic heterocycles. The first-order chi connectivity index (χ1) is 10.3. The van der Waals surface area contributed by atoms with Crippen molar-refractivity contribution in [2.75, 3.05) is 5.32 Å². The summed E-state index contributed by atoms with van der Waals surface area (Å²) in [7, 11) is 0. The minimum Gasteiger partial charge on any atom is -0.354 e. The van der Waals surface area contributed by atoms with Crippen LogP contribution in [0, 0.1) is 11.3 Å². The summed E-state index contributed by atoms with van der Waals surface area (Å²) in [6, 6.07) is 21.7. The fraction of sp³-hybridized carbons (Fsp3) is 0. The number of nitrogens with zero attached hydrogens (tertiary/aromatic N) is 2. The number of benzene rings is 2. The number of aromatic nitrogens is 1. The molecular weight excluding hydrogens is 258 g/mol. The van der Waals surface area contributed by atoms with Crippen LogP contribution >= 0.6 is 0 Å². The average molecular weight is 271 g/mol. The summed E-state index contributed by atoms with van der Waals surface area (Å²) in [5, 5.41) is 12.1. The lowest BCUT2D eigenvalue weighted by Gasteiger charge is -2.07. The van der Waals surface area contributed by atoms with Crippen molar-refractivity contribution in [1.82, 2.24) is 4.98 Å². The van der Waals surface area contributed by atoms with Gasteiger partial charge in [-0.2, -0.15) is 5.26 Å². The number of hydrogen-bond donors (Lipinski definition) is 1. The van der Waals surface area contributed by atoms with E-state index in [0.29, 0.717) is 5.56 Å². The van der Waals surface area contributed by atoms with Gasteiger partial charge in [0.2, 0.25) is 0 Å². The number of hydrogen-bond acceptors (Lipinski definition) is 3. The first-order valence-electron chi connectivity index (χ1n) is 6.63. The molecule has 0 saturated heterocycles. The lowest BCUT2D eigenvalue weighted by atomic mass is 10.0. The molecule has 100 valence electrons. The van der Waals surface area contributed by atoms with Crippen molar-refractivity contribution in [3.05, 3.63) is 78.6 Å². The Labute approximate surface area is 123 Å². The minimum atomic E-state index is 0.675. The lowest BCUT2D eigenvalue weighted by Crippen LogP contribution is -1.90. The maximum atomic E-state index is 8.81. The maximum Gasteiger partial charge on any atom is 0.0991 e. The zero-order valence-corrected chi connectivity index (χ0v) is 11.3. The molecule has 0 bridgehead atoms. The molecule has 0 spiro atoms. The van der Waals surface area contributed by atoms with Crippen molar-refractivity contribution < 1.29 is 0 Å². The molecule has 0 aliphatic rings. The maximum absolute atomic E-state index is 8.81. The summed E-state index contributed by atoms with van der Waals surface area (Å²) in [5.41, 5.74) is 4.87. The third-order valence-electron chi connectivity index (χ3n) is 3.18. The molecule has 3 nitrogen and oxygen atoms in total. The molecule has 0 fully saturated rings. The Morgan fingerprint density at radius 3 is 2.05 bits per heavy atom. The van der Waals surface area contributed by atoms with E-state index >= 15 is 0 Å². The zero-order chi connectivity index (χ0) is 14.5. The van der Waals surface area contributed by atoms with E-state index in [1.54, 1.807) is 12.4 Å². The number of nitriles is 1. The molecule has 21 heavy (non-hydrogen) atoms. The van der Waals surface area contributed by atoms with Crippen LogP contribution in [0.25, 0.3) is 11.1 Å². The van der Waals surface area contributed by atoms with Gasteiger partial charge >= 0.3 is 0 Å². The Balaban J connectivity index is 1.79. The Kier molecular flexibility index (Phi) is 3.62. The second kappa shape index (κ2) is 5.89. The summed E-state index contributed by atoms with van der Waals surface area (Å²) in [6.45, 7) is 0. The van der Waals surface area contributed by atoms with Gasteiger partial charge < -0.3 is 5.32 Å². The van der Waals surface area contributed by atoms with E-state index < -0.39 is 0 Å². The Bertz CT molecular complexity index is 754. The van der Waals surface area contributed by atoms with Gasteiger partial charge in [-0.1, -0.05) is 24.3 Å². The molecule has 0 aliphatic heterocycles. The smallest absolute Gasteiger partial charge is 0.0991 e. The summed E-state index contributed by atoms with van der Waals surface area (Å²) >= 11 is 0. The van der Waals surface area contributed by atoms with Gasteiger partial charge in [0.25, 0.3) is 0 Å². The molecule has 0 atom stereocenters. The fourth-order valence-corrected chi connectivity index (χ4v) is 2.09. The highest BCUT2D eigenvalue weighted by atomic mass is 14.9. The van der Waals surface area contributed by atoms with E-state index in [1.807, 2.05) is 48.5 Å². The van der Waals surface area contributed by atoms with E-state index in [0.717, 1.165) is 22.5 Å². The molecule has 3 rings (SSSR count). The monoisotopic (exact) mass is 271 g/mol. The standard InChI is InChI=1S/C18H13N3/c19-12-14-3-5-15(6-4-14)16-7-9-17(10-8-16)21-18-2-1-11-20-13-18/h1-11,13,21H. The molecule has 0 radical (unpaired) electrons. The van der Waals surface area contributed by atoms with Gasteiger partial charge in [-0.3, -0.25) is 4.98 Å². The molecule has 0 saturated carbocycles. The van der Waals surface area contributed by atoms with E-state index in [1.165, 1.54) is 0 Å². The second-order valence-corrected chi connectivity index (χ2v) is 4.63. The van der Waals surface area contributed by atoms with Crippen LogP contribution in [0.2, 0.25) is 0 Å². The highest BCUT2D eigenvalue weighted by molar-refractivity contribution is 5.68. The molecule has 3 heteroatoms. The van der Waals surface area contributed by atoms with Crippen LogP contribution in [0.15, 0.2) is 73.1 Å². The average Bonchev–Trinajstić information content (AvgIpc) is 2.57. The predicted octanol–water partition coefficient (Wildman–Crippen LogP) is 4.36. The molecule has 1 heterocycles. The quantitative estimate of drug-likeness (QED) is 0.769. The topological polar surface area (TPSA) is 48.7 Å². The van der Waals surface area contributed by atoms with Gasteiger partial charge in [0.15, 0.2) is 0 Å². The molecular formula is C18H13N3. The van der Waals surface area contributed by atoms with E-state index in [4.69, 9.17) is 5.26 Å². The summed E-state index contributed by atoms with van der Waals surface area (Å²) in [6.07, 6.45) is 3.54. The third kappa shape index (κ3) is 3.07. The van der Waals surface area contributed by atoms with Crippen molar-refractivity contribution in [3.63, 3.8) is 0 Å². The van der Waals surface area contributed by atoms with Gasteiger partial charge in [-0.05, 0) is 47.5 Å². The van der Waals surface area contributed by atoms with Gasteiger partial charge in [0.05, 0.1) is 23.5 Å². The Morgan fingerprint density at radius 1 is 0.810 bits per heavy atom. The van der Waals surface area contributed by atoms with Crippen LogP contribution < -0.4 is 5.32 Å². The molecule has 2 aromatic carbocycles. The SMILES string of the molecule is N#Cc1ccc(-c2ccc(Nc3cccnc3)cc2)cc1. The van der Waals surface area contributed by atoms with Gasteiger partial charge in [0, 0.05) is 11.9 Å².